The van der Waals surface area contributed by atoms with Gasteiger partial charge in [-0.15, -0.1) is 21.5 Å². The summed E-state index contributed by atoms with van der Waals surface area (Å²) in [7, 11) is 3.26. The van der Waals surface area contributed by atoms with E-state index in [1.54, 1.807) is 27.9 Å². The van der Waals surface area contributed by atoms with Gasteiger partial charge in [-0.3, -0.25) is 9.59 Å². The van der Waals surface area contributed by atoms with Crippen LogP contribution in [-0.2, 0) is 9.53 Å². The number of aromatic nitrogens is 3. The molecule has 10 nitrogen and oxygen atoms in total. The highest BCUT2D eigenvalue weighted by molar-refractivity contribution is 7.99. The first-order valence-electron chi connectivity index (χ1n) is 10.9. The number of thiophene rings is 1. The highest BCUT2D eigenvalue weighted by Gasteiger charge is 2.28. The van der Waals surface area contributed by atoms with Crippen molar-refractivity contribution >= 4 is 45.9 Å². The molecule has 33 heavy (non-hydrogen) atoms. The number of nitrogen functional groups attached to an aromatic ring is 1. The number of carbonyl (C=O) groups is 3. The minimum Gasteiger partial charge on any atom is -0.462 e. The Kier molecular flexibility index (Phi) is 8.35. The van der Waals surface area contributed by atoms with Gasteiger partial charge in [0.2, 0.25) is 11.1 Å². The largest absolute Gasteiger partial charge is 0.462 e. The smallest absolute Gasteiger partial charge is 0.341 e. The van der Waals surface area contributed by atoms with Crippen LogP contribution in [0.25, 0.3) is 0 Å². The van der Waals surface area contributed by atoms with Crippen molar-refractivity contribution in [2.45, 2.75) is 57.0 Å². The number of esters is 1. The summed E-state index contributed by atoms with van der Waals surface area (Å²) < 4.78 is 6.61. The molecule has 0 aromatic carbocycles. The lowest BCUT2D eigenvalue weighted by molar-refractivity contribution is -0.113. The maximum atomic E-state index is 12.7. The number of amides is 2. The van der Waals surface area contributed by atoms with Gasteiger partial charge in [0, 0.05) is 20.0 Å². The van der Waals surface area contributed by atoms with Crippen LogP contribution in [0.2, 0.25) is 0 Å². The standard InChI is InChI=1S/C21H30N6O4S2/c1-5-31-20(30)15-12(2)16(19(29)26(3)4)33-18(15)23-14(28)11-32-21-25-24-17(27(21)22)13-9-7-6-8-10-13/h13H,5-11,22H2,1-4H3,(H,23,28). The fourth-order valence-electron chi connectivity index (χ4n) is 3.78. The number of thioether (sulfide) groups is 1. The fourth-order valence-corrected chi connectivity index (χ4v) is 5.67. The van der Waals surface area contributed by atoms with Gasteiger partial charge in [0.1, 0.15) is 5.00 Å². The van der Waals surface area contributed by atoms with Crippen LogP contribution < -0.4 is 11.2 Å². The highest BCUT2D eigenvalue weighted by Crippen LogP contribution is 2.35. The summed E-state index contributed by atoms with van der Waals surface area (Å²) >= 11 is 2.23. The second-order valence-corrected chi connectivity index (χ2v) is 10.0. The molecule has 1 saturated carbocycles. The van der Waals surface area contributed by atoms with Crippen molar-refractivity contribution in [3.05, 3.63) is 21.8 Å². The van der Waals surface area contributed by atoms with E-state index >= 15 is 0 Å². The Morgan fingerprint density at radius 2 is 1.94 bits per heavy atom. The molecule has 1 fully saturated rings. The highest BCUT2D eigenvalue weighted by atomic mass is 32.2. The van der Waals surface area contributed by atoms with Gasteiger partial charge >= 0.3 is 5.97 Å². The van der Waals surface area contributed by atoms with E-state index in [1.807, 2.05) is 0 Å². The van der Waals surface area contributed by atoms with E-state index in [-0.39, 0.29) is 29.7 Å². The summed E-state index contributed by atoms with van der Waals surface area (Å²) in [5.74, 6) is 6.10. The Balaban J connectivity index is 1.72. The Morgan fingerprint density at radius 3 is 2.58 bits per heavy atom. The van der Waals surface area contributed by atoms with E-state index in [2.05, 4.69) is 15.5 Å². The molecule has 3 rings (SSSR count). The van der Waals surface area contributed by atoms with Gasteiger partial charge in [0.05, 0.1) is 22.8 Å². The minimum atomic E-state index is -0.578. The number of rotatable bonds is 8. The van der Waals surface area contributed by atoms with Crippen LogP contribution in [0.1, 0.15) is 76.4 Å². The molecule has 1 aliphatic carbocycles. The van der Waals surface area contributed by atoms with E-state index < -0.39 is 5.97 Å². The molecule has 2 aromatic rings. The van der Waals surface area contributed by atoms with Gasteiger partial charge in [0.15, 0.2) is 5.82 Å². The van der Waals surface area contributed by atoms with Gasteiger partial charge < -0.3 is 20.8 Å². The summed E-state index contributed by atoms with van der Waals surface area (Å²) in [4.78, 5) is 39.5. The Morgan fingerprint density at radius 1 is 1.24 bits per heavy atom. The summed E-state index contributed by atoms with van der Waals surface area (Å²) in [6.07, 6.45) is 5.63. The van der Waals surface area contributed by atoms with Crippen molar-refractivity contribution in [3.8, 4) is 0 Å². The van der Waals surface area contributed by atoms with E-state index in [4.69, 9.17) is 10.6 Å². The summed E-state index contributed by atoms with van der Waals surface area (Å²) in [5.41, 5.74) is 0.686. The van der Waals surface area contributed by atoms with Crippen molar-refractivity contribution in [2.24, 2.45) is 0 Å². The molecule has 180 valence electrons. The number of nitrogens with two attached hydrogens (primary N) is 1. The summed E-state index contributed by atoms with van der Waals surface area (Å²) in [6.45, 7) is 3.56. The molecule has 0 saturated heterocycles. The third-order valence-corrected chi connectivity index (χ3v) is 7.61. The predicted octanol–water partition coefficient (Wildman–Crippen LogP) is 3.02. The van der Waals surface area contributed by atoms with Crippen LogP contribution in [0.15, 0.2) is 5.16 Å². The second-order valence-electron chi connectivity index (χ2n) is 8.06. The normalized spacial score (nSPS) is 14.2. The maximum absolute atomic E-state index is 12.7. The van der Waals surface area contributed by atoms with Crippen LogP contribution in [0.3, 0.4) is 0 Å². The molecular formula is C21H30N6O4S2. The van der Waals surface area contributed by atoms with Gasteiger partial charge in [0.25, 0.3) is 5.91 Å². The second kappa shape index (κ2) is 11.0. The molecular weight excluding hydrogens is 464 g/mol. The first-order chi connectivity index (χ1) is 15.7. The van der Waals surface area contributed by atoms with Crippen molar-refractivity contribution in [1.82, 2.24) is 19.8 Å². The summed E-state index contributed by atoms with van der Waals surface area (Å²) in [5, 5.41) is 11.9. The molecule has 0 spiro atoms. The molecule has 0 unspecified atom stereocenters. The third kappa shape index (κ3) is 5.67. The average molecular weight is 495 g/mol. The lowest BCUT2D eigenvalue weighted by Crippen LogP contribution is -2.21. The van der Waals surface area contributed by atoms with Crippen LogP contribution in [0, 0.1) is 6.92 Å². The van der Waals surface area contributed by atoms with Crippen molar-refractivity contribution in [1.29, 1.82) is 0 Å². The molecule has 2 aromatic heterocycles. The number of nitrogens with zero attached hydrogens (tertiary/aromatic N) is 4. The van der Waals surface area contributed by atoms with Crippen LogP contribution in [0.5, 0.6) is 0 Å². The number of anilines is 1. The lowest BCUT2D eigenvalue weighted by Gasteiger charge is -2.20. The SMILES string of the molecule is CCOC(=O)c1c(NC(=O)CSc2nnc(C3CCCCC3)n2N)sc(C(=O)N(C)C)c1C. The van der Waals surface area contributed by atoms with Crippen molar-refractivity contribution in [3.63, 3.8) is 0 Å². The van der Waals surface area contributed by atoms with Gasteiger partial charge in [-0.25, -0.2) is 9.47 Å². The Bertz CT molecular complexity index is 1030. The summed E-state index contributed by atoms with van der Waals surface area (Å²) in [6, 6.07) is 0. The zero-order valence-corrected chi connectivity index (χ0v) is 21.0. The molecule has 12 heteroatoms. The fraction of sp³-hybridized carbons (Fsp3) is 0.571. The van der Waals surface area contributed by atoms with E-state index in [9.17, 15) is 14.4 Å². The van der Waals surface area contributed by atoms with Crippen LogP contribution >= 0.6 is 23.1 Å². The molecule has 0 aliphatic heterocycles. The average Bonchev–Trinajstić information content (AvgIpc) is 3.31. The predicted molar refractivity (Wildman–Crippen MR) is 128 cm³/mol. The Hall–Kier alpha value is -2.60. The monoisotopic (exact) mass is 494 g/mol. The zero-order valence-electron chi connectivity index (χ0n) is 19.3. The van der Waals surface area contributed by atoms with Crippen molar-refractivity contribution in [2.75, 3.05) is 37.6 Å². The van der Waals surface area contributed by atoms with Gasteiger partial charge in [-0.2, -0.15) is 0 Å². The molecule has 0 atom stereocenters. The van der Waals surface area contributed by atoms with E-state index in [1.165, 1.54) is 27.8 Å². The molecule has 1 aliphatic rings. The number of nitrogens with one attached hydrogen (secondary N) is 1. The van der Waals surface area contributed by atoms with E-state index in [0.717, 1.165) is 42.8 Å². The number of carbonyl (C=O) groups excluding carboxylic acids is 3. The number of ether oxygens (including phenoxy) is 1. The van der Waals surface area contributed by atoms with Crippen molar-refractivity contribution < 1.29 is 19.1 Å². The minimum absolute atomic E-state index is 0.0240. The quantitative estimate of drug-likeness (QED) is 0.325. The zero-order chi connectivity index (χ0) is 24.1. The topological polar surface area (TPSA) is 132 Å². The van der Waals surface area contributed by atoms with Gasteiger partial charge in [-0.1, -0.05) is 31.0 Å². The van der Waals surface area contributed by atoms with Gasteiger partial charge in [-0.05, 0) is 32.3 Å². The first-order valence-corrected chi connectivity index (χ1v) is 12.7. The molecule has 3 N–H and O–H groups in total. The number of hydrogen-bond acceptors (Lipinski definition) is 9. The number of hydrogen-bond donors (Lipinski definition) is 2. The molecule has 0 bridgehead atoms. The van der Waals surface area contributed by atoms with Crippen LogP contribution in [-0.4, -0.2) is 64.0 Å². The lowest BCUT2D eigenvalue weighted by atomic mass is 9.89. The third-order valence-electron chi connectivity index (χ3n) is 5.47. The van der Waals surface area contributed by atoms with Crippen LogP contribution in [0.4, 0.5) is 5.00 Å². The molecule has 2 heterocycles. The maximum Gasteiger partial charge on any atom is 0.341 e. The Labute approximate surface area is 201 Å². The molecule has 0 radical (unpaired) electrons. The van der Waals surface area contributed by atoms with E-state index in [0.29, 0.717) is 26.5 Å². The molecule has 2 amide bonds. The first kappa shape index (κ1) is 25.0.